The largest absolute Gasteiger partial charge is 0.595 e. The fraction of sp³-hybridized carbons (Fsp3) is 0.125. The highest BCUT2D eigenvalue weighted by Gasteiger charge is 2.15. The van der Waals surface area contributed by atoms with Crippen molar-refractivity contribution in [3.8, 4) is 11.5 Å². The molecule has 0 heterocycles. The Morgan fingerprint density at radius 2 is 2.21 bits per heavy atom. The van der Waals surface area contributed by atoms with Crippen LogP contribution >= 0.6 is 0 Å². The maximum Gasteiger partial charge on any atom is 0.210 e. The lowest BCUT2D eigenvalue weighted by Gasteiger charge is -2.14. The van der Waals surface area contributed by atoms with Crippen LogP contribution in [-0.2, 0) is 0 Å². The van der Waals surface area contributed by atoms with Crippen molar-refractivity contribution in [3.63, 3.8) is 0 Å². The molecule has 1 rings (SSSR count). The smallest absolute Gasteiger partial charge is 0.210 e. The monoisotopic (exact) mass is 199 g/mol. The molecule has 0 aromatic heterocycles. The maximum absolute atomic E-state index is 10.6. The summed E-state index contributed by atoms with van der Waals surface area (Å²) in [5, 5.41) is 27.3. The molecule has 6 nitrogen and oxygen atoms in total. The van der Waals surface area contributed by atoms with Gasteiger partial charge in [0.05, 0.1) is 12.7 Å². The lowest BCUT2D eigenvalue weighted by Crippen LogP contribution is -2.99. The number of methoxy groups -OCH3 is 1. The van der Waals surface area contributed by atoms with E-state index in [1.165, 1.54) is 13.2 Å². The molecular formula is C8H9NO5. The number of nitrogens with one attached hydrogen (secondary N) is 1. The summed E-state index contributed by atoms with van der Waals surface area (Å²) in [6.07, 6.45) is 0.365. The van der Waals surface area contributed by atoms with Gasteiger partial charge in [-0.25, -0.2) is 5.21 Å². The predicted octanol–water partition coefficient (Wildman–Crippen LogP) is -0.383. The Morgan fingerprint density at radius 3 is 2.64 bits per heavy atom. The van der Waals surface area contributed by atoms with Gasteiger partial charge in [0, 0.05) is 6.07 Å². The summed E-state index contributed by atoms with van der Waals surface area (Å²) in [6.45, 7) is 0. The molecule has 1 atom stereocenters. The number of hydrogen-bond acceptors (Lipinski definition) is 5. The first-order valence-corrected chi connectivity index (χ1v) is 3.69. The van der Waals surface area contributed by atoms with Crippen LogP contribution in [0.4, 0.5) is 5.69 Å². The van der Waals surface area contributed by atoms with Gasteiger partial charge in [-0.15, -0.1) is 0 Å². The quantitative estimate of drug-likeness (QED) is 0.350. The summed E-state index contributed by atoms with van der Waals surface area (Å²) < 4.78 is 4.77. The molecule has 0 aliphatic carbocycles. The van der Waals surface area contributed by atoms with Gasteiger partial charge in [-0.2, -0.15) is 5.23 Å². The number of aromatic hydroxyl groups is 1. The SMILES string of the molecule is COc1cc(C=O)c(O)c([NH+]([O-])O)c1. The number of rotatable bonds is 3. The van der Waals surface area contributed by atoms with Gasteiger partial charge in [0.1, 0.15) is 5.75 Å². The molecule has 0 fully saturated rings. The summed E-state index contributed by atoms with van der Waals surface area (Å²) >= 11 is 0. The Kier molecular flexibility index (Phi) is 3.03. The van der Waals surface area contributed by atoms with Crippen LogP contribution in [0.3, 0.4) is 0 Å². The predicted molar refractivity (Wildman–Crippen MR) is 45.8 cm³/mol. The van der Waals surface area contributed by atoms with E-state index < -0.39 is 11.0 Å². The summed E-state index contributed by atoms with van der Waals surface area (Å²) in [6, 6.07) is 2.40. The summed E-state index contributed by atoms with van der Waals surface area (Å²) in [5.74, 6) is -0.337. The number of benzene rings is 1. The second-order valence-corrected chi connectivity index (χ2v) is 2.54. The van der Waals surface area contributed by atoms with E-state index in [-0.39, 0.29) is 17.0 Å². The van der Waals surface area contributed by atoms with E-state index in [0.717, 1.165) is 6.07 Å². The Balaban J connectivity index is 3.34. The van der Waals surface area contributed by atoms with Crippen LogP contribution in [0.2, 0.25) is 0 Å². The molecule has 14 heavy (non-hydrogen) atoms. The van der Waals surface area contributed by atoms with E-state index >= 15 is 0 Å². The average Bonchev–Trinajstić information content (AvgIpc) is 2.17. The third-order valence-corrected chi connectivity index (χ3v) is 1.71. The van der Waals surface area contributed by atoms with E-state index in [2.05, 4.69) is 0 Å². The Morgan fingerprint density at radius 1 is 1.57 bits per heavy atom. The molecule has 0 amide bonds. The molecule has 1 aromatic carbocycles. The Labute approximate surface area is 79.5 Å². The van der Waals surface area contributed by atoms with Crippen molar-refractivity contribution in [2.75, 3.05) is 7.11 Å². The molecular weight excluding hydrogens is 190 g/mol. The Hall–Kier alpha value is -1.63. The van der Waals surface area contributed by atoms with Gasteiger partial charge in [-0.1, -0.05) is 0 Å². The average molecular weight is 199 g/mol. The summed E-state index contributed by atoms with van der Waals surface area (Å²) in [4.78, 5) is 10.5. The molecule has 1 aromatic rings. The lowest BCUT2D eigenvalue weighted by atomic mass is 10.2. The standard InChI is InChI=1S/C8H9NO5/c1-14-6-2-5(4-10)8(11)7(3-6)9(12)13/h2-4,9,11-12H,1H3. The number of hydrogen-bond donors (Lipinski definition) is 3. The van der Waals surface area contributed by atoms with Crippen LogP contribution in [0.5, 0.6) is 11.5 Å². The molecule has 0 saturated carbocycles. The van der Waals surface area contributed by atoms with E-state index in [1.807, 2.05) is 0 Å². The van der Waals surface area contributed by atoms with Crippen LogP contribution in [0.15, 0.2) is 12.1 Å². The van der Waals surface area contributed by atoms with Gasteiger partial charge >= 0.3 is 0 Å². The van der Waals surface area contributed by atoms with Crippen molar-refractivity contribution in [2.45, 2.75) is 0 Å². The molecule has 1 unspecified atom stereocenters. The normalized spacial score (nSPS) is 12.2. The van der Waals surface area contributed by atoms with Crippen LogP contribution < -0.4 is 9.96 Å². The first kappa shape index (κ1) is 10.5. The first-order valence-electron chi connectivity index (χ1n) is 3.69. The second-order valence-electron chi connectivity index (χ2n) is 2.54. The fourth-order valence-corrected chi connectivity index (χ4v) is 1.00. The molecule has 76 valence electrons. The molecule has 3 N–H and O–H groups in total. The minimum atomic E-state index is -1.32. The molecule has 0 radical (unpaired) electrons. The van der Waals surface area contributed by atoms with Crippen molar-refractivity contribution < 1.29 is 25.1 Å². The number of phenolic OH excluding ortho intramolecular Hbond substituents is 1. The van der Waals surface area contributed by atoms with Gasteiger partial charge in [-0.3, -0.25) is 4.79 Å². The third-order valence-electron chi connectivity index (χ3n) is 1.71. The minimum absolute atomic E-state index is 0.109. The Bertz CT molecular complexity index is 350. The van der Waals surface area contributed by atoms with Crippen molar-refractivity contribution in [1.82, 2.24) is 0 Å². The van der Waals surface area contributed by atoms with E-state index in [4.69, 9.17) is 9.94 Å². The number of quaternary nitrogens is 1. The zero-order valence-electron chi connectivity index (χ0n) is 7.35. The van der Waals surface area contributed by atoms with Crippen LogP contribution in [0, 0.1) is 5.21 Å². The lowest BCUT2D eigenvalue weighted by molar-refractivity contribution is -0.991. The molecule has 0 saturated heterocycles. The van der Waals surface area contributed by atoms with Gasteiger partial charge in [-0.05, 0) is 6.07 Å². The van der Waals surface area contributed by atoms with Crippen LogP contribution in [0.1, 0.15) is 10.4 Å². The highest BCUT2D eigenvalue weighted by atomic mass is 16.8. The molecule has 0 spiro atoms. The van der Waals surface area contributed by atoms with Gasteiger partial charge in [0.2, 0.25) is 5.69 Å². The molecule has 0 bridgehead atoms. The van der Waals surface area contributed by atoms with Crippen molar-refractivity contribution >= 4 is 12.0 Å². The molecule has 6 heteroatoms. The summed E-state index contributed by atoms with van der Waals surface area (Å²) in [7, 11) is 1.34. The second kappa shape index (κ2) is 4.05. The summed E-state index contributed by atoms with van der Waals surface area (Å²) in [5.41, 5.74) is -0.465. The number of carbonyl (C=O) groups excluding carboxylic acids is 1. The molecule has 0 aliphatic heterocycles. The molecule has 0 aliphatic rings. The van der Waals surface area contributed by atoms with Crippen molar-refractivity contribution in [2.24, 2.45) is 0 Å². The van der Waals surface area contributed by atoms with Gasteiger partial charge in [0.25, 0.3) is 0 Å². The van der Waals surface area contributed by atoms with Crippen molar-refractivity contribution in [1.29, 1.82) is 0 Å². The highest BCUT2D eigenvalue weighted by Crippen LogP contribution is 2.28. The van der Waals surface area contributed by atoms with Gasteiger partial charge in [0.15, 0.2) is 12.0 Å². The van der Waals surface area contributed by atoms with Crippen LogP contribution in [0.25, 0.3) is 0 Å². The third kappa shape index (κ3) is 1.82. The first-order chi connectivity index (χ1) is 6.60. The maximum atomic E-state index is 10.6. The number of aldehydes is 1. The number of carbonyl (C=O) groups is 1. The highest BCUT2D eigenvalue weighted by molar-refractivity contribution is 5.82. The van der Waals surface area contributed by atoms with Crippen LogP contribution in [-0.4, -0.2) is 23.7 Å². The van der Waals surface area contributed by atoms with Gasteiger partial charge < -0.3 is 15.1 Å². The minimum Gasteiger partial charge on any atom is -0.595 e. The van der Waals surface area contributed by atoms with Crippen molar-refractivity contribution in [3.05, 3.63) is 22.9 Å². The topological polar surface area (TPSA) is 94.3 Å². The van der Waals surface area contributed by atoms with E-state index in [0.29, 0.717) is 6.29 Å². The number of ether oxygens (including phenoxy) is 1. The zero-order chi connectivity index (χ0) is 10.7. The fourth-order valence-electron chi connectivity index (χ4n) is 1.00. The van der Waals surface area contributed by atoms with E-state index in [9.17, 15) is 15.1 Å². The number of phenols is 1. The zero-order valence-corrected chi connectivity index (χ0v) is 7.35. The van der Waals surface area contributed by atoms with E-state index in [1.54, 1.807) is 0 Å².